The quantitative estimate of drug-likeness (QED) is 0.585. The molecule has 1 aromatic carbocycles. The normalized spacial score (nSPS) is 12.4. The summed E-state index contributed by atoms with van der Waals surface area (Å²) in [5.41, 5.74) is 5.97. The summed E-state index contributed by atoms with van der Waals surface area (Å²) in [7, 11) is 0. The number of nitrogens with two attached hydrogens (primary N) is 1. The monoisotopic (exact) mass is 210 g/mol. The Labute approximate surface area is 87.7 Å². The SMILES string of the molecule is CC(CCN)c1cc(O)ccc1[N+](=O)[O-]. The Morgan fingerprint density at radius 1 is 1.60 bits per heavy atom. The van der Waals surface area contributed by atoms with Crippen LogP contribution in [-0.2, 0) is 0 Å². The van der Waals surface area contributed by atoms with E-state index in [0.717, 1.165) is 0 Å². The van der Waals surface area contributed by atoms with Crippen LogP contribution in [0.5, 0.6) is 5.75 Å². The Bertz CT molecular complexity index is 366. The van der Waals surface area contributed by atoms with Gasteiger partial charge in [-0.15, -0.1) is 0 Å². The zero-order valence-electron chi connectivity index (χ0n) is 8.51. The fraction of sp³-hybridized carbons (Fsp3) is 0.400. The highest BCUT2D eigenvalue weighted by molar-refractivity contribution is 5.46. The van der Waals surface area contributed by atoms with E-state index in [1.807, 2.05) is 6.92 Å². The van der Waals surface area contributed by atoms with Crippen molar-refractivity contribution in [1.82, 2.24) is 0 Å². The molecule has 0 aliphatic heterocycles. The minimum Gasteiger partial charge on any atom is -0.508 e. The lowest BCUT2D eigenvalue weighted by Crippen LogP contribution is -2.06. The molecule has 5 nitrogen and oxygen atoms in total. The Hall–Kier alpha value is -1.62. The Morgan fingerprint density at radius 3 is 2.80 bits per heavy atom. The number of rotatable bonds is 4. The maximum absolute atomic E-state index is 10.7. The van der Waals surface area contributed by atoms with Crippen LogP contribution in [-0.4, -0.2) is 16.6 Å². The van der Waals surface area contributed by atoms with Crippen molar-refractivity contribution < 1.29 is 10.0 Å². The second-order valence-corrected chi connectivity index (χ2v) is 3.48. The molecule has 0 bridgehead atoms. The first-order chi connectivity index (χ1) is 7.06. The maximum Gasteiger partial charge on any atom is 0.273 e. The number of nitro groups is 1. The molecular formula is C10H14N2O3. The van der Waals surface area contributed by atoms with Crippen LogP contribution in [0.4, 0.5) is 5.69 Å². The maximum atomic E-state index is 10.7. The summed E-state index contributed by atoms with van der Waals surface area (Å²) in [4.78, 5) is 10.3. The second kappa shape index (κ2) is 4.75. The van der Waals surface area contributed by atoms with Gasteiger partial charge in [-0.3, -0.25) is 10.1 Å². The lowest BCUT2D eigenvalue weighted by atomic mass is 9.96. The van der Waals surface area contributed by atoms with E-state index in [1.54, 1.807) is 0 Å². The third kappa shape index (κ3) is 2.66. The van der Waals surface area contributed by atoms with E-state index < -0.39 is 4.92 Å². The van der Waals surface area contributed by atoms with E-state index in [9.17, 15) is 15.2 Å². The Morgan fingerprint density at radius 2 is 2.27 bits per heavy atom. The number of hydrogen-bond donors (Lipinski definition) is 2. The van der Waals surface area contributed by atoms with Gasteiger partial charge >= 0.3 is 0 Å². The predicted molar refractivity (Wildman–Crippen MR) is 56.8 cm³/mol. The summed E-state index contributed by atoms with van der Waals surface area (Å²) in [5, 5.41) is 20.0. The van der Waals surface area contributed by atoms with Gasteiger partial charge in [-0.05, 0) is 31.0 Å². The van der Waals surface area contributed by atoms with Crippen LogP contribution in [0.15, 0.2) is 18.2 Å². The highest BCUT2D eigenvalue weighted by Gasteiger charge is 2.18. The zero-order chi connectivity index (χ0) is 11.4. The van der Waals surface area contributed by atoms with Gasteiger partial charge in [0.15, 0.2) is 0 Å². The standard InChI is InChI=1S/C10H14N2O3/c1-7(4-5-11)9-6-8(13)2-3-10(9)12(14)15/h2-3,6-7,13H,4-5,11H2,1H3. The van der Waals surface area contributed by atoms with Crippen LogP contribution in [0.2, 0.25) is 0 Å². The molecule has 0 saturated carbocycles. The van der Waals surface area contributed by atoms with Gasteiger partial charge in [-0.2, -0.15) is 0 Å². The number of nitrogens with zero attached hydrogens (tertiary/aromatic N) is 1. The molecule has 0 saturated heterocycles. The van der Waals surface area contributed by atoms with Crippen molar-refractivity contribution in [2.45, 2.75) is 19.3 Å². The average molecular weight is 210 g/mol. The van der Waals surface area contributed by atoms with Gasteiger partial charge in [-0.25, -0.2) is 0 Å². The average Bonchev–Trinajstić information content (AvgIpc) is 2.17. The fourth-order valence-electron chi connectivity index (χ4n) is 1.51. The zero-order valence-corrected chi connectivity index (χ0v) is 8.51. The molecule has 0 amide bonds. The molecule has 0 spiro atoms. The van der Waals surface area contributed by atoms with Gasteiger partial charge < -0.3 is 10.8 Å². The Kier molecular flexibility index (Phi) is 3.62. The fourth-order valence-corrected chi connectivity index (χ4v) is 1.51. The van der Waals surface area contributed by atoms with Gasteiger partial charge in [0.2, 0.25) is 0 Å². The van der Waals surface area contributed by atoms with E-state index >= 15 is 0 Å². The summed E-state index contributed by atoms with van der Waals surface area (Å²) in [6.07, 6.45) is 0.657. The third-order valence-corrected chi connectivity index (χ3v) is 2.34. The van der Waals surface area contributed by atoms with Crippen LogP contribution >= 0.6 is 0 Å². The van der Waals surface area contributed by atoms with Gasteiger partial charge in [0.25, 0.3) is 5.69 Å². The molecule has 82 valence electrons. The largest absolute Gasteiger partial charge is 0.508 e. The smallest absolute Gasteiger partial charge is 0.273 e. The Balaban J connectivity index is 3.12. The summed E-state index contributed by atoms with van der Waals surface area (Å²) in [5.74, 6) is 0.0157. The minimum atomic E-state index is -0.443. The van der Waals surface area contributed by atoms with Gasteiger partial charge in [0.1, 0.15) is 5.75 Å². The van der Waals surface area contributed by atoms with Gasteiger partial charge in [0, 0.05) is 11.6 Å². The summed E-state index contributed by atoms with van der Waals surface area (Å²) in [6, 6.07) is 4.06. The molecular weight excluding hydrogens is 196 g/mol. The summed E-state index contributed by atoms with van der Waals surface area (Å²) < 4.78 is 0. The highest BCUT2D eigenvalue weighted by atomic mass is 16.6. The lowest BCUT2D eigenvalue weighted by molar-refractivity contribution is -0.385. The van der Waals surface area contributed by atoms with Crippen LogP contribution < -0.4 is 5.73 Å². The van der Waals surface area contributed by atoms with Crippen molar-refractivity contribution in [3.8, 4) is 5.75 Å². The number of phenols is 1. The topological polar surface area (TPSA) is 89.4 Å². The molecule has 0 radical (unpaired) electrons. The first kappa shape index (κ1) is 11.5. The molecule has 1 rings (SSSR count). The van der Waals surface area contributed by atoms with Crippen molar-refractivity contribution in [3.05, 3.63) is 33.9 Å². The number of aromatic hydroxyl groups is 1. The second-order valence-electron chi connectivity index (χ2n) is 3.48. The lowest BCUT2D eigenvalue weighted by Gasteiger charge is -2.10. The molecule has 0 fully saturated rings. The van der Waals surface area contributed by atoms with Crippen molar-refractivity contribution >= 4 is 5.69 Å². The van der Waals surface area contributed by atoms with Gasteiger partial charge in [0.05, 0.1) is 4.92 Å². The van der Waals surface area contributed by atoms with Crippen LogP contribution in [0.3, 0.4) is 0 Å². The van der Waals surface area contributed by atoms with Crippen molar-refractivity contribution in [3.63, 3.8) is 0 Å². The first-order valence-electron chi connectivity index (χ1n) is 4.73. The third-order valence-electron chi connectivity index (χ3n) is 2.34. The van der Waals surface area contributed by atoms with Crippen LogP contribution in [0.25, 0.3) is 0 Å². The molecule has 15 heavy (non-hydrogen) atoms. The molecule has 3 N–H and O–H groups in total. The van der Waals surface area contributed by atoms with E-state index in [4.69, 9.17) is 5.73 Å². The van der Waals surface area contributed by atoms with E-state index in [-0.39, 0.29) is 17.4 Å². The number of benzene rings is 1. The molecule has 1 atom stereocenters. The van der Waals surface area contributed by atoms with Gasteiger partial charge in [-0.1, -0.05) is 6.92 Å². The number of phenolic OH excluding ortho intramolecular Hbond substituents is 1. The molecule has 1 unspecified atom stereocenters. The van der Waals surface area contributed by atoms with Crippen molar-refractivity contribution in [2.24, 2.45) is 5.73 Å². The van der Waals surface area contributed by atoms with E-state index in [2.05, 4.69) is 0 Å². The summed E-state index contributed by atoms with van der Waals surface area (Å²) >= 11 is 0. The molecule has 1 aromatic rings. The first-order valence-corrected chi connectivity index (χ1v) is 4.73. The van der Waals surface area contributed by atoms with E-state index in [0.29, 0.717) is 18.5 Å². The molecule has 0 aromatic heterocycles. The molecule has 0 aliphatic carbocycles. The van der Waals surface area contributed by atoms with Crippen molar-refractivity contribution in [1.29, 1.82) is 0 Å². The highest BCUT2D eigenvalue weighted by Crippen LogP contribution is 2.31. The van der Waals surface area contributed by atoms with Crippen LogP contribution in [0, 0.1) is 10.1 Å². The molecule has 0 aliphatic rings. The van der Waals surface area contributed by atoms with Crippen molar-refractivity contribution in [2.75, 3.05) is 6.54 Å². The summed E-state index contributed by atoms with van der Waals surface area (Å²) in [6.45, 7) is 2.32. The number of hydrogen-bond acceptors (Lipinski definition) is 4. The predicted octanol–water partition coefficient (Wildman–Crippen LogP) is 1.75. The molecule has 5 heteroatoms. The van der Waals surface area contributed by atoms with Crippen LogP contribution in [0.1, 0.15) is 24.8 Å². The molecule has 0 heterocycles. The minimum absolute atomic E-state index is 0.0255. The van der Waals surface area contributed by atoms with E-state index in [1.165, 1.54) is 18.2 Å². The number of nitro benzene ring substituents is 1.